The molecule has 1 heterocycles. The van der Waals surface area contributed by atoms with E-state index in [9.17, 15) is 4.79 Å². The predicted molar refractivity (Wildman–Crippen MR) is 86.3 cm³/mol. The van der Waals surface area contributed by atoms with Crippen molar-refractivity contribution in [2.45, 2.75) is 13.0 Å². The highest BCUT2D eigenvalue weighted by atomic mass is 79.9. The molecule has 0 spiro atoms. The van der Waals surface area contributed by atoms with Crippen LogP contribution in [0.3, 0.4) is 0 Å². The van der Waals surface area contributed by atoms with Gasteiger partial charge in [-0.25, -0.2) is 0 Å². The Morgan fingerprint density at radius 2 is 1.84 bits per heavy atom. The first-order chi connectivity index (χ1) is 9.04. The van der Waals surface area contributed by atoms with Crippen molar-refractivity contribution in [3.8, 4) is 0 Å². The molecule has 100 valence electrons. The summed E-state index contributed by atoms with van der Waals surface area (Å²) >= 11 is 8.48. The van der Waals surface area contributed by atoms with Gasteiger partial charge in [-0.2, -0.15) is 0 Å². The molecule has 0 saturated carbocycles. The number of carbonyl (C=O) groups excluding carboxylic acids is 1. The zero-order chi connectivity index (χ0) is 13.8. The van der Waals surface area contributed by atoms with Gasteiger partial charge in [-0.1, -0.05) is 28.1 Å². The lowest BCUT2D eigenvalue weighted by Gasteiger charge is -2.16. The Balaban J connectivity index is 1.94. The summed E-state index contributed by atoms with van der Waals surface area (Å²) in [5.74, 6) is 0.131. The van der Waals surface area contributed by atoms with E-state index < -0.39 is 0 Å². The number of hydrogen-bond acceptors (Lipinski definition) is 2. The summed E-state index contributed by atoms with van der Waals surface area (Å²) in [6, 6.07) is 11.9. The molecule has 0 saturated heterocycles. The summed E-state index contributed by atoms with van der Waals surface area (Å²) < 4.78 is 2.12. The minimum absolute atomic E-state index is 0.131. The van der Waals surface area contributed by atoms with Gasteiger partial charge in [-0.15, -0.1) is 11.3 Å². The van der Waals surface area contributed by atoms with E-state index in [1.807, 2.05) is 43.4 Å². The Bertz CT molecular complexity index is 565. The average molecular weight is 403 g/mol. The number of nitrogens with zero attached hydrogens (tertiary/aromatic N) is 1. The molecule has 1 aromatic carbocycles. The van der Waals surface area contributed by atoms with Crippen LogP contribution in [-0.2, 0) is 17.8 Å². The Hall–Kier alpha value is -0.650. The van der Waals surface area contributed by atoms with E-state index in [0.29, 0.717) is 13.0 Å². The fourth-order valence-corrected chi connectivity index (χ4v) is 3.47. The molecule has 0 N–H and O–H groups in total. The standard InChI is InChI=1S/C14H13Br2NOS/c1-17(9-12-6-7-13(16)19-12)14(18)8-10-2-4-11(15)5-3-10/h2-7H,8-9H2,1H3. The fraction of sp³-hybridized carbons (Fsp3) is 0.214. The number of thiophene rings is 1. The number of hydrogen-bond donors (Lipinski definition) is 0. The monoisotopic (exact) mass is 401 g/mol. The molecule has 0 radical (unpaired) electrons. The lowest BCUT2D eigenvalue weighted by Crippen LogP contribution is -2.27. The van der Waals surface area contributed by atoms with Crippen LogP contribution >= 0.6 is 43.2 Å². The number of carbonyl (C=O) groups is 1. The van der Waals surface area contributed by atoms with Gasteiger partial charge in [0.25, 0.3) is 0 Å². The molecule has 0 aliphatic carbocycles. The maximum absolute atomic E-state index is 12.1. The molecule has 0 aliphatic rings. The molecule has 1 aromatic heterocycles. The second-order valence-corrected chi connectivity index (χ2v) is 7.72. The summed E-state index contributed by atoms with van der Waals surface area (Å²) in [4.78, 5) is 15.1. The number of rotatable bonds is 4. The van der Waals surface area contributed by atoms with Gasteiger partial charge in [0.05, 0.1) is 16.8 Å². The molecular formula is C14H13Br2NOS. The van der Waals surface area contributed by atoms with Gasteiger partial charge in [0.2, 0.25) is 5.91 Å². The van der Waals surface area contributed by atoms with Crippen LogP contribution in [0.1, 0.15) is 10.4 Å². The van der Waals surface area contributed by atoms with Crippen molar-refractivity contribution >= 4 is 49.1 Å². The van der Waals surface area contributed by atoms with Crippen molar-refractivity contribution in [1.82, 2.24) is 4.90 Å². The second kappa shape index (κ2) is 6.68. The van der Waals surface area contributed by atoms with Gasteiger partial charge < -0.3 is 4.90 Å². The third-order valence-electron chi connectivity index (χ3n) is 2.72. The highest BCUT2D eigenvalue weighted by molar-refractivity contribution is 9.11. The molecule has 0 unspecified atom stereocenters. The maximum Gasteiger partial charge on any atom is 0.227 e. The van der Waals surface area contributed by atoms with Gasteiger partial charge >= 0.3 is 0 Å². The van der Waals surface area contributed by atoms with Crippen LogP contribution in [0.25, 0.3) is 0 Å². The molecule has 2 aromatic rings. The lowest BCUT2D eigenvalue weighted by molar-refractivity contribution is -0.129. The van der Waals surface area contributed by atoms with E-state index >= 15 is 0 Å². The summed E-state index contributed by atoms with van der Waals surface area (Å²) in [5, 5.41) is 0. The highest BCUT2D eigenvalue weighted by Crippen LogP contribution is 2.23. The van der Waals surface area contributed by atoms with E-state index in [4.69, 9.17) is 0 Å². The molecule has 2 nitrogen and oxygen atoms in total. The Morgan fingerprint density at radius 1 is 1.16 bits per heavy atom. The normalized spacial score (nSPS) is 10.5. The Morgan fingerprint density at radius 3 is 2.42 bits per heavy atom. The van der Waals surface area contributed by atoms with Crippen LogP contribution in [-0.4, -0.2) is 17.9 Å². The Labute approximate surface area is 133 Å². The molecule has 19 heavy (non-hydrogen) atoms. The van der Waals surface area contributed by atoms with Crippen LogP contribution in [0.15, 0.2) is 44.7 Å². The van der Waals surface area contributed by atoms with E-state index in [1.54, 1.807) is 16.2 Å². The van der Waals surface area contributed by atoms with Gasteiger partial charge in [0.1, 0.15) is 0 Å². The lowest BCUT2D eigenvalue weighted by atomic mass is 10.1. The van der Waals surface area contributed by atoms with Gasteiger partial charge in [-0.05, 0) is 45.8 Å². The maximum atomic E-state index is 12.1. The van der Waals surface area contributed by atoms with E-state index in [-0.39, 0.29) is 5.91 Å². The summed E-state index contributed by atoms with van der Waals surface area (Å²) in [5.41, 5.74) is 1.03. The zero-order valence-corrected chi connectivity index (χ0v) is 14.4. The van der Waals surface area contributed by atoms with E-state index in [1.165, 1.54) is 4.88 Å². The summed E-state index contributed by atoms with van der Waals surface area (Å²) in [6.07, 6.45) is 0.441. The SMILES string of the molecule is CN(Cc1ccc(Br)s1)C(=O)Cc1ccc(Br)cc1. The molecule has 0 fully saturated rings. The topological polar surface area (TPSA) is 20.3 Å². The Kier molecular flexibility index (Phi) is 5.19. The van der Waals surface area contributed by atoms with Crippen molar-refractivity contribution < 1.29 is 4.79 Å². The number of halogens is 2. The van der Waals surface area contributed by atoms with Crippen LogP contribution in [0.2, 0.25) is 0 Å². The molecule has 0 aliphatic heterocycles. The first-order valence-electron chi connectivity index (χ1n) is 5.77. The first kappa shape index (κ1) is 14.8. The molecule has 0 atom stereocenters. The largest absolute Gasteiger partial charge is 0.340 e. The van der Waals surface area contributed by atoms with E-state index in [0.717, 1.165) is 13.8 Å². The van der Waals surface area contributed by atoms with Gasteiger partial charge in [-0.3, -0.25) is 4.79 Å². The predicted octanol–water partition coefficient (Wildman–Crippen LogP) is 4.47. The quantitative estimate of drug-likeness (QED) is 0.738. The fourth-order valence-electron chi connectivity index (χ4n) is 1.67. The highest BCUT2D eigenvalue weighted by Gasteiger charge is 2.11. The molecule has 1 amide bonds. The van der Waals surface area contributed by atoms with Crippen LogP contribution in [0.5, 0.6) is 0 Å². The third-order valence-corrected chi connectivity index (χ3v) is 4.85. The molecule has 0 bridgehead atoms. The smallest absolute Gasteiger partial charge is 0.227 e. The van der Waals surface area contributed by atoms with Crippen LogP contribution in [0, 0.1) is 0 Å². The van der Waals surface area contributed by atoms with Crippen molar-refractivity contribution in [1.29, 1.82) is 0 Å². The van der Waals surface area contributed by atoms with Gasteiger partial charge in [0.15, 0.2) is 0 Å². The van der Waals surface area contributed by atoms with Crippen molar-refractivity contribution in [3.05, 3.63) is 55.1 Å². The minimum Gasteiger partial charge on any atom is -0.340 e. The number of likely N-dealkylation sites (N-methyl/N-ethyl adjacent to an activating group) is 1. The van der Waals surface area contributed by atoms with E-state index in [2.05, 4.69) is 31.9 Å². The van der Waals surface area contributed by atoms with Crippen LogP contribution < -0.4 is 0 Å². The molecular weight excluding hydrogens is 390 g/mol. The minimum atomic E-state index is 0.131. The second-order valence-electron chi connectivity index (χ2n) is 4.26. The van der Waals surface area contributed by atoms with Crippen molar-refractivity contribution in [2.75, 3.05) is 7.05 Å². The summed E-state index contributed by atoms with van der Waals surface area (Å²) in [7, 11) is 1.84. The molecule has 2 rings (SSSR count). The summed E-state index contributed by atoms with van der Waals surface area (Å²) in [6.45, 7) is 0.658. The van der Waals surface area contributed by atoms with Crippen molar-refractivity contribution in [2.24, 2.45) is 0 Å². The number of benzene rings is 1. The number of amides is 1. The average Bonchev–Trinajstić information content (AvgIpc) is 2.77. The third kappa shape index (κ3) is 4.44. The van der Waals surface area contributed by atoms with Crippen molar-refractivity contribution in [3.63, 3.8) is 0 Å². The molecule has 5 heteroatoms. The van der Waals surface area contributed by atoms with Gasteiger partial charge in [0, 0.05) is 16.4 Å². The van der Waals surface area contributed by atoms with Crippen LogP contribution in [0.4, 0.5) is 0 Å². The zero-order valence-electron chi connectivity index (χ0n) is 10.4. The first-order valence-corrected chi connectivity index (χ1v) is 8.17.